The Kier molecular flexibility index (Phi) is 7.53. The second-order valence-electron chi connectivity index (χ2n) is 7.79. The van der Waals surface area contributed by atoms with Gasteiger partial charge in [0.05, 0.1) is 4.08 Å². The van der Waals surface area contributed by atoms with Gasteiger partial charge in [-0.05, 0) is 56.6 Å². The monoisotopic (exact) mass is 414 g/mol. The van der Waals surface area contributed by atoms with E-state index in [-0.39, 0.29) is 4.08 Å². The van der Waals surface area contributed by atoms with Gasteiger partial charge in [0.15, 0.2) is 0 Å². The van der Waals surface area contributed by atoms with E-state index in [2.05, 4.69) is 98.0 Å². The molecule has 0 amide bonds. The van der Waals surface area contributed by atoms with E-state index in [1.807, 2.05) is 0 Å². The van der Waals surface area contributed by atoms with Crippen molar-refractivity contribution < 1.29 is 9.90 Å². The molecule has 1 aliphatic rings. The van der Waals surface area contributed by atoms with Gasteiger partial charge in [-0.15, -0.1) is 23.5 Å². The predicted molar refractivity (Wildman–Crippen MR) is 122 cm³/mol. The zero-order valence-corrected chi connectivity index (χ0v) is 18.3. The average Bonchev–Trinajstić information content (AvgIpc) is 2.71. The molecular formula is C24H30O2S2. The molecule has 0 bridgehead atoms. The lowest BCUT2D eigenvalue weighted by Crippen LogP contribution is -2.30. The van der Waals surface area contributed by atoms with Gasteiger partial charge in [0, 0.05) is 16.9 Å². The highest BCUT2D eigenvalue weighted by Crippen LogP contribution is 2.58. The van der Waals surface area contributed by atoms with Crippen molar-refractivity contribution >= 4 is 29.5 Å². The van der Waals surface area contributed by atoms with Crippen molar-refractivity contribution in [1.29, 1.82) is 0 Å². The Morgan fingerprint density at radius 1 is 0.929 bits per heavy atom. The van der Waals surface area contributed by atoms with Gasteiger partial charge in [-0.3, -0.25) is 4.79 Å². The molecule has 150 valence electrons. The van der Waals surface area contributed by atoms with E-state index in [0.717, 1.165) is 25.7 Å². The summed E-state index contributed by atoms with van der Waals surface area (Å²) in [6.07, 6.45) is 4.49. The quantitative estimate of drug-likeness (QED) is 0.459. The Morgan fingerprint density at radius 2 is 1.36 bits per heavy atom. The predicted octanol–water partition coefficient (Wildman–Crippen LogP) is 7.34. The molecule has 28 heavy (non-hydrogen) atoms. The summed E-state index contributed by atoms with van der Waals surface area (Å²) in [5.41, 5.74) is 2.74. The highest BCUT2D eigenvalue weighted by molar-refractivity contribution is 8.18. The van der Waals surface area contributed by atoms with Gasteiger partial charge in [0.1, 0.15) is 0 Å². The maximum absolute atomic E-state index is 11.1. The highest BCUT2D eigenvalue weighted by Gasteiger charge is 2.39. The fourth-order valence-corrected chi connectivity index (χ4v) is 7.97. The fraction of sp³-hybridized carbons (Fsp3) is 0.458. The summed E-state index contributed by atoms with van der Waals surface area (Å²) in [6.45, 7) is 4.61. The summed E-state index contributed by atoms with van der Waals surface area (Å²) < 4.78 is 0.138. The molecule has 1 aliphatic carbocycles. The van der Waals surface area contributed by atoms with Crippen LogP contribution in [0.3, 0.4) is 0 Å². The van der Waals surface area contributed by atoms with Gasteiger partial charge < -0.3 is 5.11 Å². The summed E-state index contributed by atoms with van der Waals surface area (Å²) >= 11 is 4.16. The molecule has 1 N–H and O–H groups in total. The Morgan fingerprint density at radius 3 is 1.75 bits per heavy atom. The number of benzene rings is 2. The van der Waals surface area contributed by atoms with Crippen LogP contribution in [0, 0.1) is 5.92 Å². The Bertz CT molecular complexity index is 690. The van der Waals surface area contributed by atoms with Crippen molar-refractivity contribution in [2.75, 3.05) is 0 Å². The molecule has 0 aromatic heterocycles. The van der Waals surface area contributed by atoms with Gasteiger partial charge in [-0.25, -0.2) is 0 Å². The SMILES string of the molecule is CC(SC1(SC(C)c2ccccc2)CCC(CC(=O)O)CC1)c1ccccc1. The van der Waals surface area contributed by atoms with Gasteiger partial charge in [0.2, 0.25) is 0 Å². The van der Waals surface area contributed by atoms with E-state index in [1.54, 1.807) is 0 Å². The molecule has 2 unspecified atom stereocenters. The van der Waals surface area contributed by atoms with Crippen molar-refractivity contribution in [3.05, 3.63) is 71.8 Å². The molecule has 3 rings (SSSR count). The average molecular weight is 415 g/mol. The van der Waals surface area contributed by atoms with Crippen LogP contribution in [-0.4, -0.2) is 15.2 Å². The third-order valence-corrected chi connectivity index (χ3v) is 9.16. The molecule has 2 aromatic carbocycles. The molecule has 4 heteroatoms. The van der Waals surface area contributed by atoms with Gasteiger partial charge in [-0.2, -0.15) is 0 Å². The number of carboxylic acids is 1. The molecule has 0 heterocycles. The van der Waals surface area contributed by atoms with Gasteiger partial charge in [-0.1, -0.05) is 60.7 Å². The number of rotatable bonds is 8. The maximum atomic E-state index is 11.1. The zero-order valence-electron chi connectivity index (χ0n) is 16.7. The van der Waals surface area contributed by atoms with Crippen molar-refractivity contribution in [3.8, 4) is 0 Å². The molecule has 2 nitrogen and oxygen atoms in total. The summed E-state index contributed by atoms with van der Waals surface area (Å²) in [5.74, 6) is -0.334. The first kappa shape index (κ1) is 21.3. The lowest BCUT2D eigenvalue weighted by molar-refractivity contribution is -0.138. The van der Waals surface area contributed by atoms with E-state index in [4.69, 9.17) is 0 Å². The molecule has 0 radical (unpaired) electrons. The number of hydrogen-bond donors (Lipinski definition) is 1. The number of hydrogen-bond acceptors (Lipinski definition) is 3. The third kappa shape index (κ3) is 5.81. The largest absolute Gasteiger partial charge is 0.481 e. The van der Waals surface area contributed by atoms with Gasteiger partial charge in [0.25, 0.3) is 0 Å². The summed E-state index contributed by atoms with van der Waals surface area (Å²) in [6, 6.07) is 21.5. The lowest BCUT2D eigenvalue weighted by Gasteiger charge is -2.42. The number of carboxylic acid groups (broad SMARTS) is 1. The van der Waals surface area contributed by atoms with E-state index in [1.165, 1.54) is 11.1 Å². The van der Waals surface area contributed by atoms with Gasteiger partial charge >= 0.3 is 5.97 Å². The first-order chi connectivity index (χ1) is 13.5. The number of aliphatic carboxylic acids is 1. The minimum atomic E-state index is -0.659. The molecule has 0 saturated heterocycles. The second kappa shape index (κ2) is 9.89. The van der Waals surface area contributed by atoms with Crippen LogP contribution in [0.15, 0.2) is 60.7 Å². The topological polar surface area (TPSA) is 37.3 Å². The third-order valence-electron chi connectivity index (χ3n) is 5.65. The Hall–Kier alpha value is -1.39. The molecule has 0 aliphatic heterocycles. The standard InChI is InChI=1S/C24H30O2S2/c1-18(21-9-5-3-6-10-21)27-24(15-13-20(14-16-24)17-23(25)26)28-19(2)22-11-7-4-8-12-22/h3-12,18-20H,13-17H2,1-2H3,(H,25,26). The summed E-state index contributed by atoms with van der Waals surface area (Å²) in [7, 11) is 0. The van der Waals surface area contributed by atoms with E-state index >= 15 is 0 Å². The van der Waals surface area contributed by atoms with Crippen molar-refractivity contribution in [1.82, 2.24) is 0 Å². The molecule has 2 aromatic rings. The van der Waals surface area contributed by atoms with Crippen LogP contribution < -0.4 is 0 Å². The van der Waals surface area contributed by atoms with Crippen LogP contribution in [0.2, 0.25) is 0 Å². The molecule has 0 spiro atoms. The maximum Gasteiger partial charge on any atom is 0.303 e. The van der Waals surface area contributed by atoms with E-state index < -0.39 is 5.97 Å². The summed E-state index contributed by atoms with van der Waals surface area (Å²) in [4.78, 5) is 11.1. The Labute approximate surface area is 177 Å². The van der Waals surface area contributed by atoms with Crippen LogP contribution in [-0.2, 0) is 4.79 Å². The van der Waals surface area contributed by atoms with Crippen molar-refractivity contribution in [3.63, 3.8) is 0 Å². The lowest BCUT2D eigenvalue weighted by atomic mass is 9.86. The van der Waals surface area contributed by atoms with Crippen LogP contribution in [0.1, 0.15) is 67.6 Å². The van der Waals surface area contributed by atoms with Crippen LogP contribution >= 0.6 is 23.5 Å². The first-order valence-electron chi connectivity index (χ1n) is 10.1. The molecule has 1 fully saturated rings. The second-order valence-corrected chi connectivity index (χ2v) is 11.5. The van der Waals surface area contributed by atoms with E-state index in [0.29, 0.717) is 22.8 Å². The molecular weight excluding hydrogens is 384 g/mol. The number of thioether (sulfide) groups is 2. The minimum absolute atomic E-state index is 0.138. The summed E-state index contributed by atoms with van der Waals surface area (Å²) in [5, 5.41) is 10.0. The fourth-order valence-electron chi connectivity index (χ4n) is 4.06. The van der Waals surface area contributed by atoms with Crippen LogP contribution in [0.4, 0.5) is 0 Å². The first-order valence-corrected chi connectivity index (χ1v) is 11.9. The van der Waals surface area contributed by atoms with E-state index in [9.17, 15) is 9.90 Å². The smallest absolute Gasteiger partial charge is 0.303 e. The normalized spacial score (nSPS) is 24.4. The molecule has 1 saturated carbocycles. The Balaban J connectivity index is 1.75. The van der Waals surface area contributed by atoms with Crippen LogP contribution in [0.5, 0.6) is 0 Å². The highest BCUT2D eigenvalue weighted by atomic mass is 32.2. The van der Waals surface area contributed by atoms with Crippen molar-refractivity contribution in [2.24, 2.45) is 5.92 Å². The zero-order chi connectivity index (χ0) is 20.0. The van der Waals surface area contributed by atoms with Crippen LogP contribution in [0.25, 0.3) is 0 Å². The minimum Gasteiger partial charge on any atom is -0.481 e. The number of carbonyl (C=O) groups is 1. The molecule has 2 atom stereocenters. The van der Waals surface area contributed by atoms with Crippen molar-refractivity contribution in [2.45, 2.75) is 60.5 Å².